The third-order valence-corrected chi connectivity index (χ3v) is 5.03. The van der Waals surface area contributed by atoms with Gasteiger partial charge in [0.25, 0.3) is 5.91 Å². The second kappa shape index (κ2) is 5.38. The summed E-state index contributed by atoms with van der Waals surface area (Å²) < 4.78 is 0. The number of aromatic nitrogens is 1. The predicted octanol–water partition coefficient (Wildman–Crippen LogP) is 4.13. The Morgan fingerprint density at radius 1 is 1.18 bits per heavy atom. The van der Waals surface area contributed by atoms with Crippen molar-refractivity contribution in [2.24, 2.45) is 0 Å². The Hall–Kier alpha value is -1.90. The van der Waals surface area contributed by atoms with Crippen LogP contribution in [0.4, 0.5) is 0 Å². The highest BCUT2D eigenvalue weighted by Gasteiger charge is 2.29. The number of nitrogens with zero attached hydrogens (tertiary/aromatic N) is 2. The number of para-hydroxylation sites is 1. The minimum atomic E-state index is 0.188. The second-order valence-corrected chi connectivity index (χ2v) is 6.73. The third-order valence-electron chi connectivity index (χ3n) is 5.03. The number of benzene rings is 1. The minimum absolute atomic E-state index is 0.188. The van der Waals surface area contributed by atoms with Crippen molar-refractivity contribution in [1.82, 2.24) is 9.88 Å². The quantitative estimate of drug-likeness (QED) is 0.834. The number of hydrogen-bond donors (Lipinski definition) is 0. The van der Waals surface area contributed by atoms with Crippen molar-refractivity contribution >= 4 is 16.8 Å². The van der Waals surface area contributed by atoms with Crippen LogP contribution >= 0.6 is 0 Å². The Morgan fingerprint density at radius 3 is 2.77 bits per heavy atom. The maximum Gasteiger partial charge on any atom is 0.254 e. The lowest BCUT2D eigenvalue weighted by molar-refractivity contribution is 0.0637. The fourth-order valence-corrected chi connectivity index (χ4v) is 3.52. The van der Waals surface area contributed by atoms with Crippen LogP contribution in [0.3, 0.4) is 0 Å². The Morgan fingerprint density at radius 2 is 2.00 bits per heavy atom. The van der Waals surface area contributed by atoms with Crippen molar-refractivity contribution in [2.45, 2.75) is 51.0 Å². The van der Waals surface area contributed by atoms with Gasteiger partial charge in [-0.15, -0.1) is 0 Å². The molecule has 3 nitrogen and oxygen atoms in total. The third kappa shape index (κ3) is 2.39. The summed E-state index contributed by atoms with van der Waals surface area (Å²) in [5.74, 6) is 0.752. The van der Waals surface area contributed by atoms with Gasteiger partial charge in [0.2, 0.25) is 0 Å². The molecule has 1 aliphatic carbocycles. The van der Waals surface area contributed by atoms with Gasteiger partial charge in [-0.1, -0.05) is 18.2 Å². The molecule has 0 bridgehead atoms. The number of carbonyl (C=O) groups is 1. The topological polar surface area (TPSA) is 33.2 Å². The molecule has 2 fully saturated rings. The van der Waals surface area contributed by atoms with Crippen molar-refractivity contribution in [1.29, 1.82) is 0 Å². The highest BCUT2D eigenvalue weighted by atomic mass is 16.2. The van der Waals surface area contributed by atoms with Gasteiger partial charge in [0, 0.05) is 29.6 Å². The van der Waals surface area contributed by atoms with Crippen molar-refractivity contribution in [2.75, 3.05) is 6.54 Å². The SMILES string of the molecule is CC1CCCCN1C(=O)c1cc(C2CC2)nc2ccccc12. The number of pyridine rings is 1. The van der Waals surface area contributed by atoms with E-state index < -0.39 is 0 Å². The summed E-state index contributed by atoms with van der Waals surface area (Å²) in [6, 6.07) is 10.5. The van der Waals surface area contributed by atoms with Gasteiger partial charge in [0.05, 0.1) is 11.1 Å². The molecule has 2 aromatic rings. The van der Waals surface area contributed by atoms with Crippen LogP contribution in [0, 0.1) is 0 Å². The first-order valence-electron chi connectivity index (χ1n) is 8.44. The number of fused-ring (bicyclic) bond motifs is 1. The molecule has 1 saturated carbocycles. The van der Waals surface area contributed by atoms with Crippen LogP contribution < -0.4 is 0 Å². The van der Waals surface area contributed by atoms with Gasteiger partial charge in [0.1, 0.15) is 0 Å². The number of hydrogen-bond acceptors (Lipinski definition) is 2. The summed E-state index contributed by atoms with van der Waals surface area (Å²) in [7, 11) is 0. The van der Waals surface area contributed by atoms with Gasteiger partial charge >= 0.3 is 0 Å². The first-order valence-corrected chi connectivity index (χ1v) is 8.44. The zero-order valence-electron chi connectivity index (χ0n) is 13.1. The van der Waals surface area contributed by atoms with Crippen molar-refractivity contribution in [3.8, 4) is 0 Å². The maximum absolute atomic E-state index is 13.1. The summed E-state index contributed by atoms with van der Waals surface area (Å²) >= 11 is 0. The van der Waals surface area contributed by atoms with Crippen LogP contribution in [0.2, 0.25) is 0 Å². The Bertz CT molecular complexity index is 720. The molecule has 1 aliphatic heterocycles. The average Bonchev–Trinajstić information content (AvgIpc) is 3.38. The minimum Gasteiger partial charge on any atom is -0.336 e. The molecule has 0 N–H and O–H groups in total. The number of carbonyl (C=O) groups excluding carboxylic acids is 1. The van der Waals surface area contributed by atoms with Crippen LogP contribution in [0.15, 0.2) is 30.3 Å². The molecular formula is C19H22N2O. The molecule has 0 spiro atoms. The number of amides is 1. The lowest BCUT2D eigenvalue weighted by Crippen LogP contribution is -2.42. The summed E-state index contributed by atoms with van der Waals surface area (Å²) in [6.45, 7) is 3.05. The maximum atomic E-state index is 13.1. The normalized spacial score (nSPS) is 22.0. The zero-order chi connectivity index (χ0) is 15.1. The Labute approximate surface area is 131 Å². The Kier molecular flexibility index (Phi) is 3.36. The number of likely N-dealkylation sites (tertiary alicyclic amines) is 1. The highest BCUT2D eigenvalue weighted by Crippen LogP contribution is 2.40. The Balaban J connectivity index is 1.80. The molecule has 4 rings (SSSR count). The van der Waals surface area contributed by atoms with E-state index >= 15 is 0 Å². The first kappa shape index (κ1) is 13.7. The molecule has 1 atom stereocenters. The molecule has 0 radical (unpaired) electrons. The fourth-order valence-electron chi connectivity index (χ4n) is 3.52. The van der Waals surface area contributed by atoms with Crippen LogP contribution in [-0.4, -0.2) is 28.4 Å². The molecule has 1 aromatic carbocycles. The molecule has 3 heteroatoms. The van der Waals surface area contributed by atoms with Gasteiger partial charge in [-0.25, -0.2) is 0 Å². The van der Waals surface area contributed by atoms with Crippen molar-refractivity contribution in [3.05, 3.63) is 41.6 Å². The summed E-state index contributed by atoms with van der Waals surface area (Å²) in [5.41, 5.74) is 2.91. The van der Waals surface area contributed by atoms with E-state index in [9.17, 15) is 4.79 Å². The van der Waals surface area contributed by atoms with E-state index in [4.69, 9.17) is 4.98 Å². The van der Waals surface area contributed by atoms with E-state index in [-0.39, 0.29) is 5.91 Å². The highest BCUT2D eigenvalue weighted by molar-refractivity contribution is 6.06. The average molecular weight is 294 g/mol. The smallest absolute Gasteiger partial charge is 0.254 e. The summed E-state index contributed by atoms with van der Waals surface area (Å²) in [5, 5.41) is 0.995. The standard InChI is InChI=1S/C19H22N2O/c1-13-6-4-5-11-21(13)19(22)16-12-18(14-9-10-14)20-17-8-3-2-7-15(16)17/h2-3,7-8,12-14H,4-6,9-11H2,1H3. The van der Waals surface area contributed by atoms with Gasteiger partial charge in [0.15, 0.2) is 0 Å². The van der Waals surface area contributed by atoms with Gasteiger partial charge in [-0.3, -0.25) is 9.78 Å². The fraction of sp³-hybridized carbons (Fsp3) is 0.474. The molecule has 1 unspecified atom stereocenters. The molecule has 22 heavy (non-hydrogen) atoms. The molecule has 1 amide bonds. The lowest BCUT2D eigenvalue weighted by atomic mass is 10.00. The predicted molar refractivity (Wildman–Crippen MR) is 88.1 cm³/mol. The van der Waals surface area contributed by atoms with Gasteiger partial charge in [-0.05, 0) is 51.2 Å². The van der Waals surface area contributed by atoms with Gasteiger partial charge < -0.3 is 4.90 Å². The monoisotopic (exact) mass is 294 g/mol. The molecule has 1 saturated heterocycles. The van der Waals surface area contributed by atoms with Crippen molar-refractivity contribution < 1.29 is 4.79 Å². The van der Waals surface area contributed by atoms with E-state index in [0.29, 0.717) is 12.0 Å². The van der Waals surface area contributed by atoms with Crippen LogP contribution in [0.1, 0.15) is 61.0 Å². The van der Waals surface area contributed by atoms with E-state index in [2.05, 4.69) is 17.9 Å². The first-order chi connectivity index (χ1) is 10.7. The van der Waals surface area contributed by atoms with Crippen LogP contribution in [0.25, 0.3) is 10.9 Å². The second-order valence-electron chi connectivity index (χ2n) is 6.73. The van der Waals surface area contributed by atoms with E-state index in [1.54, 1.807) is 0 Å². The number of rotatable bonds is 2. The molecule has 1 aromatic heterocycles. The van der Waals surface area contributed by atoms with Crippen molar-refractivity contribution in [3.63, 3.8) is 0 Å². The van der Waals surface area contributed by atoms with E-state index in [0.717, 1.165) is 41.5 Å². The molecule has 2 aliphatic rings. The van der Waals surface area contributed by atoms with Crippen LogP contribution in [0.5, 0.6) is 0 Å². The van der Waals surface area contributed by atoms with E-state index in [1.165, 1.54) is 19.3 Å². The van der Waals surface area contributed by atoms with Gasteiger partial charge in [-0.2, -0.15) is 0 Å². The molecule has 114 valence electrons. The van der Waals surface area contributed by atoms with Crippen LogP contribution in [-0.2, 0) is 0 Å². The summed E-state index contributed by atoms with van der Waals surface area (Å²) in [6.07, 6.45) is 5.88. The largest absolute Gasteiger partial charge is 0.336 e. The van der Waals surface area contributed by atoms with E-state index in [1.807, 2.05) is 24.3 Å². The molecular weight excluding hydrogens is 272 g/mol. The summed E-state index contributed by atoms with van der Waals surface area (Å²) in [4.78, 5) is 19.9. The lowest BCUT2D eigenvalue weighted by Gasteiger charge is -2.33. The zero-order valence-corrected chi connectivity index (χ0v) is 13.1. The number of piperidine rings is 1. The molecule has 2 heterocycles.